The second-order valence-electron chi connectivity index (χ2n) is 9.41. The maximum Gasteiger partial charge on any atom is 0.322 e. The van der Waals surface area contributed by atoms with E-state index in [9.17, 15) is 4.79 Å². The van der Waals surface area contributed by atoms with Crippen molar-refractivity contribution in [2.75, 3.05) is 6.54 Å². The lowest BCUT2D eigenvalue weighted by atomic mass is 9.80. The zero-order valence-electron chi connectivity index (χ0n) is 22.0. The van der Waals surface area contributed by atoms with E-state index in [1.54, 1.807) is 0 Å². The summed E-state index contributed by atoms with van der Waals surface area (Å²) in [5.74, 6) is -0.787. The first-order valence-electron chi connectivity index (χ1n) is 13.2. The summed E-state index contributed by atoms with van der Waals surface area (Å²) in [6.45, 7) is 7.96. The molecule has 40 heavy (non-hydrogen) atoms. The van der Waals surface area contributed by atoms with Gasteiger partial charge in [-0.15, -0.1) is 0 Å². The number of esters is 1. The third-order valence-corrected chi connectivity index (χ3v) is 6.88. The lowest BCUT2D eigenvalue weighted by Crippen LogP contribution is -2.37. The van der Waals surface area contributed by atoms with Gasteiger partial charge in [0.25, 0.3) is 0 Å². The molecule has 0 aliphatic rings. The van der Waals surface area contributed by atoms with Crippen LogP contribution in [0.5, 0.6) is 5.75 Å². The highest BCUT2D eigenvalue weighted by atomic mass is 16.6. The Bertz CT molecular complexity index is 1470. The fourth-order valence-electron chi connectivity index (χ4n) is 4.94. The molecule has 0 heterocycles. The van der Waals surface area contributed by atoms with Gasteiger partial charge in [-0.3, -0.25) is 4.79 Å². The van der Waals surface area contributed by atoms with E-state index in [0.717, 1.165) is 22.3 Å². The molecule has 0 saturated carbocycles. The molecule has 0 radical (unpaired) electrons. The predicted molar refractivity (Wildman–Crippen MR) is 157 cm³/mol. The minimum atomic E-state index is -1.22. The van der Waals surface area contributed by atoms with Crippen molar-refractivity contribution < 1.29 is 14.3 Å². The lowest BCUT2D eigenvalue weighted by Gasteiger charge is -2.36. The fourth-order valence-corrected chi connectivity index (χ4v) is 4.94. The van der Waals surface area contributed by atoms with Crippen LogP contribution < -0.4 is 4.74 Å². The summed E-state index contributed by atoms with van der Waals surface area (Å²) in [5, 5.41) is 0. The van der Waals surface area contributed by atoms with Crippen molar-refractivity contribution >= 4 is 5.97 Å². The van der Waals surface area contributed by atoms with Crippen molar-refractivity contribution in [1.82, 2.24) is 0 Å². The van der Waals surface area contributed by atoms with Gasteiger partial charge in [-0.05, 0) is 11.6 Å². The average molecular weight is 524 g/mol. The molecule has 0 spiro atoms. The van der Waals surface area contributed by atoms with Crippen LogP contribution in [0.1, 0.15) is 33.7 Å². The molecule has 0 amide bonds. The maximum absolute atomic E-state index is 14.3. The van der Waals surface area contributed by atoms with Crippen LogP contribution in [0.2, 0.25) is 0 Å². The molecule has 0 fully saturated rings. The van der Waals surface area contributed by atoms with Gasteiger partial charge in [0.2, 0.25) is 6.54 Å². The molecular weight excluding hydrogens is 494 g/mol. The lowest BCUT2D eigenvalue weighted by molar-refractivity contribution is -0.155. The molecule has 4 nitrogen and oxygen atoms in total. The minimum absolute atomic E-state index is 0.0704. The van der Waals surface area contributed by atoms with Crippen LogP contribution in [0.15, 0.2) is 146 Å². The molecule has 1 atom stereocenters. The van der Waals surface area contributed by atoms with Gasteiger partial charge in [0, 0.05) is 22.3 Å². The highest BCUT2D eigenvalue weighted by Gasteiger charge is 2.43. The summed E-state index contributed by atoms with van der Waals surface area (Å²) in [7, 11) is 0. The Balaban J connectivity index is 1.58. The van der Waals surface area contributed by atoms with Crippen LogP contribution in [-0.2, 0) is 21.7 Å². The molecule has 4 heteroatoms. The van der Waals surface area contributed by atoms with E-state index >= 15 is 0 Å². The van der Waals surface area contributed by atoms with Crippen LogP contribution in [0, 0.1) is 6.57 Å². The molecule has 0 unspecified atom stereocenters. The second kappa shape index (κ2) is 12.6. The number of carbonyl (C=O) groups is 1. The Morgan fingerprint density at radius 1 is 0.650 bits per heavy atom. The van der Waals surface area contributed by atoms with Crippen molar-refractivity contribution in [3.63, 3.8) is 0 Å². The fraction of sp³-hybridized carbons (Fsp3) is 0.111. The van der Waals surface area contributed by atoms with Crippen molar-refractivity contribution in [3.8, 4) is 5.75 Å². The van der Waals surface area contributed by atoms with E-state index in [4.69, 9.17) is 16.0 Å². The average Bonchev–Trinajstić information content (AvgIpc) is 3.03. The second-order valence-corrected chi connectivity index (χ2v) is 9.41. The maximum atomic E-state index is 14.3. The van der Waals surface area contributed by atoms with Crippen molar-refractivity contribution in [2.45, 2.75) is 18.1 Å². The summed E-state index contributed by atoms with van der Waals surface area (Å²) < 4.78 is 12.8. The molecule has 5 rings (SSSR count). The molecular formula is C36H29NO3. The highest BCUT2D eigenvalue weighted by molar-refractivity contribution is 5.81. The zero-order valence-corrected chi connectivity index (χ0v) is 22.0. The van der Waals surface area contributed by atoms with Crippen LogP contribution in [-0.4, -0.2) is 12.5 Å². The van der Waals surface area contributed by atoms with Gasteiger partial charge in [0.05, 0.1) is 0 Å². The number of nitrogens with zero attached hydrogens (tertiary/aromatic N) is 1. The van der Waals surface area contributed by atoms with E-state index in [1.165, 1.54) is 0 Å². The SMILES string of the molecule is [C-]#[N+]C[C@@H](C(=O)OC(c1ccccc1)(c1ccccc1)c1ccccc1)c1ccccc1OCc1ccccc1. The van der Waals surface area contributed by atoms with E-state index < -0.39 is 17.5 Å². The van der Waals surface area contributed by atoms with E-state index in [1.807, 2.05) is 146 Å². The third-order valence-electron chi connectivity index (χ3n) is 6.88. The number of carbonyl (C=O) groups excluding carboxylic acids is 1. The molecule has 5 aromatic rings. The molecule has 0 saturated heterocycles. The van der Waals surface area contributed by atoms with Crippen LogP contribution in [0.4, 0.5) is 0 Å². The Morgan fingerprint density at radius 3 is 1.60 bits per heavy atom. The van der Waals surface area contributed by atoms with E-state index in [0.29, 0.717) is 17.9 Å². The van der Waals surface area contributed by atoms with Gasteiger partial charge in [0.15, 0.2) is 11.5 Å². The summed E-state index contributed by atoms with van der Waals surface area (Å²) in [5.41, 5.74) is 2.86. The minimum Gasteiger partial charge on any atom is -0.489 e. The summed E-state index contributed by atoms with van der Waals surface area (Å²) in [6, 6.07) is 46.5. The molecule has 5 aromatic carbocycles. The summed E-state index contributed by atoms with van der Waals surface area (Å²) in [4.78, 5) is 17.9. The topological polar surface area (TPSA) is 39.9 Å². The van der Waals surface area contributed by atoms with Gasteiger partial charge in [-0.2, -0.15) is 0 Å². The number of rotatable bonds is 10. The number of ether oxygens (including phenoxy) is 2. The smallest absolute Gasteiger partial charge is 0.322 e. The Morgan fingerprint density at radius 2 is 1.10 bits per heavy atom. The largest absolute Gasteiger partial charge is 0.489 e. The normalized spacial score (nSPS) is 11.7. The Labute approximate surface area is 235 Å². The van der Waals surface area contributed by atoms with E-state index in [2.05, 4.69) is 4.85 Å². The number of benzene rings is 5. The summed E-state index contributed by atoms with van der Waals surface area (Å²) >= 11 is 0. The van der Waals surface area contributed by atoms with Crippen molar-refractivity contribution in [1.29, 1.82) is 0 Å². The zero-order chi connectivity index (χ0) is 27.6. The standard InChI is InChI=1S/C36H29NO3/c1-37-26-33(32-24-14-15-25-34(32)39-27-28-16-6-2-7-17-28)35(38)40-36(29-18-8-3-9-19-29,30-20-10-4-11-21-30)31-22-12-5-13-23-31/h2-25,33H,26-27H2/t33-/m1/s1. The monoisotopic (exact) mass is 523 g/mol. The van der Waals surface area contributed by atoms with Crippen LogP contribution >= 0.6 is 0 Å². The van der Waals surface area contributed by atoms with Crippen LogP contribution in [0.25, 0.3) is 4.85 Å². The van der Waals surface area contributed by atoms with Gasteiger partial charge in [-0.25, -0.2) is 6.57 Å². The van der Waals surface area contributed by atoms with Crippen molar-refractivity contribution in [2.24, 2.45) is 0 Å². The molecule has 0 N–H and O–H groups in total. The van der Waals surface area contributed by atoms with Crippen molar-refractivity contribution in [3.05, 3.63) is 185 Å². The number of hydrogen-bond acceptors (Lipinski definition) is 3. The molecule has 0 bridgehead atoms. The number of para-hydroxylation sites is 1. The van der Waals surface area contributed by atoms with Gasteiger partial charge >= 0.3 is 5.97 Å². The van der Waals surface area contributed by atoms with Gasteiger partial charge < -0.3 is 14.3 Å². The van der Waals surface area contributed by atoms with Crippen LogP contribution in [0.3, 0.4) is 0 Å². The third kappa shape index (κ3) is 5.65. The first kappa shape index (κ1) is 26.5. The Hall–Kier alpha value is -5.14. The summed E-state index contributed by atoms with van der Waals surface area (Å²) in [6.07, 6.45) is 0. The number of hydrogen-bond donors (Lipinski definition) is 0. The first-order valence-corrected chi connectivity index (χ1v) is 13.2. The quantitative estimate of drug-likeness (QED) is 0.107. The molecule has 196 valence electrons. The molecule has 0 aliphatic heterocycles. The predicted octanol–water partition coefficient (Wildman–Crippen LogP) is 7.80. The van der Waals surface area contributed by atoms with E-state index in [-0.39, 0.29) is 6.54 Å². The Kier molecular flexibility index (Phi) is 8.34. The highest BCUT2D eigenvalue weighted by Crippen LogP contribution is 2.42. The van der Waals surface area contributed by atoms with Gasteiger partial charge in [0.1, 0.15) is 12.4 Å². The van der Waals surface area contributed by atoms with Gasteiger partial charge in [-0.1, -0.05) is 140 Å². The first-order chi connectivity index (χ1) is 19.7. The molecule has 0 aromatic heterocycles. The molecule has 0 aliphatic carbocycles.